The maximum Gasteiger partial charge on any atom is 0.335 e. The van der Waals surface area contributed by atoms with E-state index in [1.807, 2.05) is 13.0 Å². The fraction of sp³-hybridized carbons (Fsp3) is 0.238. The first-order valence-electron chi connectivity index (χ1n) is 9.72. The molecule has 1 aliphatic rings. The fourth-order valence-corrected chi connectivity index (χ4v) is 4.91. The summed E-state index contributed by atoms with van der Waals surface area (Å²) in [4.78, 5) is 24.3. The van der Waals surface area contributed by atoms with E-state index in [-0.39, 0.29) is 17.2 Å². The van der Waals surface area contributed by atoms with Gasteiger partial charge in [0.2, 0.25) is 0 Å². The lowest BCUT2D eigenvalue weighted by Crippen LogP contribution is -2.49. The van der Waals surface area contributed by atoms with E-state index < -0.39 is 11.0 Å². The molecule has 8 nitrogen and oxygen atoms in total. The minimum atomic E-state index is -0.999. The third kappa shape index (κ3) is 4.28. The van der Waals surface area contributed by atoms with Crippen molar-refractivity contribution in [3.05, 3.63) is 69.0 Å². The summed E-state index contributed by atoms with van der Waals surface area (Å²) in [5.74, 6) is -1.38. The molecular formula is C21H19Cl2N5O3S. The highest BCUT2D eigenvalue weighted by molar-refractivity contribution is 8.01. The van der Waals surface area contributed by atoms with Crippen molar-refractivity contribution in [2.75, 3.05) is 5.32 Å². The number of benzene rings is 2. The second-order valence-corrected chi connectivity index (χ2v) is 9.46. The Morgan fingerprint density at radius 2 is 2.00 bits per heavy atom. The number of aromatic carboxylic acids is 1. The lowest BCUT2D eigenvalue weighted by Gasteiger charge is -2.28. The molecule has 0 saturated carbocycles. The molecule has 1 aromatic heterocycles. The van der Waals surface area contributed by atoms with Gasteiger partial charge in [-0.1, -0.05) is 53.2 Å². The highest BCUT2D eigenvalue weighted by Crippen LogP contribution is 2.46. The number of fused-ring (bicyclic) bond motifs is 1. The number of carboxylic acids is 1. The minimum Gasteiger partial charge on any atom is -0.478 e. The number of amides is 1. The number of nitrogens with one attached hydrogen (secondary N) is 2. The molecule has 1 amide bonds. The zero-order valence-electron chi connectivity index (χ0n) is 17.1. The Morgan fingerprint density at radius 3 is 2.69 bits per heavy atom. The van der Waals surface area contributed by atoms with E-state index >= 15 is 0 Å². The number of carbonyl (C=O) groups is 2. The van der Waals surface area contributed by atoms with Crippen LogP contribution in [0.4, 0.5) is 5.69 Å². The second-order valence-electron chi connectivity index (χ2n) is 7.31. The van der Waals surface area contributed by atoms with Gasteiger partial charge in [0.05, 0.1) is 33.5 Å². The molecule has 2 heterocycles. The Bertz CT molecular complexity index is 1230. The zero-order chi connectivity index (χ0) is 23.0. The molecule has 1 unspecified atom stereocenters. The standard InChI is InChI=1S/C21H19Cl2N5O3S/c1-3-21(24-16-7-5-13(20(30)31)9-17(16)32-21)25-19(29)18-11(2)28(27-26-18)10-12-4-6-14(22)15(23)8-12/h4-9,24H,3,10H2,1-2H3,(H,25,29)(H,30,31). The third-order valence-corrected chi connectivity index (χ3v) is 7.31. The second kappa shape index (κ2) is 8.65. The Kier molecular flexibility index (Phi) is 6.07. The van der Waals surface area contributed by atoms with Crippen LogP contribution in [-0.2, 0) is 6.54 Å². The number of carbonyl (C=O) groups excluding carboxylic acids is 1. The van der Waals surface area contributed by atoms with Crippen LogP contribution < -0.4 is 10.6 Å². The molecule has 0 saturated heterocycles. The Labute approximate surface area is 198 Å². The van der Waals surface area contributed by atoms with E-state index in [4.69, 9.17) is 23.2 Å². The molecule has 4 rings (SSSR count). The van der Waals surface area contributed by atoms with Gasteiger partial charge in [0.1, 0.15) is 0 Å². The Hall–Kier alpha value is -2.75. The van der Waals surface area contributed by atoms with E-state index in [9.17, 15) is 14.7 Å². The first kappa shape index (κ1) is 22.4. The number of halogens is 2. The number of rotatable bonds is 6. The van der Waals surface area contributed by atoms with Crippen molar-refractivity contribution in [1.29, 1.82) is 0 Å². The van der Waals surface area contributed by atoms with Gasteiger partial charge in [-0.15, -0.1) is 5.10 Å². The first-order valence-corrected chi connectivity index (χ1v) is 11.3. The molecule has 1 atom stereocenters. The summed E-state index contributed by atoms with van der Waals surface area (Å²) >= 11 is 13.4. The van der Waals surface area contributed by atoms with Crippen LogP contribution in [0.25, 0.3) is 0 Å². The van der Waals surface area contributed by atoms with Gasteiger partial charge in [-0.2, -0.15) is 0 Å². The van der Waals surface area contributed by atoms with Crippen LogP contribution >= 0.6 is 35.0 Å². The predicted molar refractivity (Wildman–Crippen MR) is 124 cm³/mol. The summed E-state index contributed by atoms with van der Waals surface area (Å²) in [6.07, 6.45) is 0.553. The summed E-state index contributed by atoms with van der Waals surface area (Å²) < 4.78 is 1.62. The molecule has 0 spiro atoms. The summed E-state index contributed by atoms with van der Waals surface area (Å²) in [5, 5.41) is 24.6. The van der Waals surface area contributed by atoms with Crippen molar-refractivity contribution in [1.82, 2.24) is 20.3 Å². The highest BCUT2D eigenvalue weighted by atomic mass is 35.5. The molecule has 11 heteroatoms. The zero-order valence-corrected chi connectivity index (χ0v) is 19.5. The number of hydrogen-bond donors (Lipinski definition) is 3. The van der Waals surface area contributed by atoms with Crippen molar-refractivity contribution in [2.24, 2.45) is 0 Å². The van der Waals surface area contributed by atoms with E-state index in [1.54, 1.807) is 35.9 Å². The average molecular weight is 492 g/mol. The van der Waals surface area contributed by atoms with Crippen molar-refractivity contribution >= 4 is 52.5 Å². The number of thioether (sulfide) groups is 1. The molecule has 32 heavy (non-hydrogen) atoms. The van der Waals surface area contributed by atoms with Gasteiger partial charge in [-0.05, 0) is 49.2 Å². The van der Waals surface area contributed by atoms with Gasteiger partial charge < -0.3 is 15.7 Å². The van der Waals surface area contributed by atoms with Gasteiger partial charge in [0.25, 0.3) is 5.91 Å². The van der Waals surface area contributed by atoms with Crippen molar-refractivity contribution in [3.8, 4) is 0 Å². The highest BCUT2D eigenvalue weighted by Gasteiger charge is 2.39. The van der Waals surface area contributed by atoms with Gasteiger partial charge in [-0.25, -0.2) is 9.48 Å². The first-order chi connectivity index (χ1) is 15.2. The molecule has 0 bridgehead atoms. The van der Waals surface area contributed by atoms with E-state index in [0.717, 1.165) is 16.1 Å². The maximum absolute atomic E-state index is 13.1. The molecule has 166 valence electrons. The van der Waals surface area contributed by atoms with E-state index in [2.05, 4.69) is 20.9 Å². The lowest BCUT2D eigenvalue weighted by molar-refractivity contribution is 0.0696. The van der Waals surface area contributed by atoms with Crippen LogP contribution in [0.3, 0.4) is 0 Å². The monoisotopic (exact) mass is 491 g/mol. The van der Waals surface area contributed by atoms with Gasteiger partial charge in [0.15, 0.2) is 10.7 Å². The van der Waals surface area contributed by atoms with Gasteiger partial charge in [0, 0.05) is 4.90 Å². The molecule has 3 N–H and O–H groups in total. The molecule has 1 aliphatic heterocycles. The average Bonchev–Trinajstić information content (AvgIpc) is 3.30. The van der Waals surface area contributed by atoms with Crippen LogP contribution in [-0.4, -0.2) is 37.0 Å². The van der Waals surface area contributed by atoms with E-state index in [1.165, 1.54) is 17.8 Å². The number of carboxylic acid groups (broad SMARTS) is 1. The number of anilines is 1. The predicted octanol–water partition coefficient (Wildman–Crippen LogP) is 4.65. The van der Waals surface area contributed by atoms with Gasteiger partial charge >= 0.3 is 5.97 Å². The Morgan fingerprint density at radius 1 is 1.22 bits per heavy atom. The lowest BCUT2D eigenvalue weighted by atomic mass is 10.2. The quantitative estimate of drug-likeness (QED) is 0.460. The number of nitrogens with zero attached hydrogens (tertiary/aromatic N) is 3. The molecule has 0 aliphatic carbocycles. The minimum absolute atomic E-state index is 0.192. The Balaban J connectivity index is 1.52. The molecular weight excluding hydrogens is 473 g/mol. The molecule has 0 fully saturated rings. The molecule has 3 aromatic rings. The van der Waals surface area contributed by atoms with E-state index in [0.29, 0.717) is 28.7 Å². The summed E-state index contributed by atoms with van der Waals surface area (Å²) in [6, 6.07) is 10.1. The van der Waals surface area contributed by atoms with Crippen molar-refractivity contribution in [3.63, 3.8) is 0 Å². The summed E-state index contributed by atoms with van der Waals surface area (Å²) in [6.45, 7) is 4.09. The molecule has 0 radical (unpaired) electrons. The molecule has 2 aromatic carbocycles. The largest absolute Gasteiger partial charge is 0.478 e. The van der Waals surface area contributed by atoms with Crippen molar-refractivity contribution < 1.29 is 14.7 Å². The third-order valence-electron chi connectivity index (χ3n) is 5.18. The smallest absolute Gasteiger partial charge is 0.335 e. The van der Waals surface area contributed by atoms with Gasteiger partial charge in [-0.3, -0.25) is 4.79 Å². The summed E-state index contributed by atoms with van der Waals surface area (Å²) in [7, 11) is 0. The SMILES string of the molecule is CCC1(NC(=O)c2nnn(Cc3ccc(Cl)c(Cl)c3)c2C)Nc2ccc(C(=O)O)cc2S1. The van der Waals surface area contributed by atoms with Crippen LogP contribution in [0.2, 0.25) is 10.0 Å². The topological polar surface area (TPSA) is 109 Å². The van der Waals surface area contributed by atoms with Crippen LogP contribution in [0.15, 0.2) is 41.3 Å². The normalized spacial score (nSPS) is 17.0. The maximum atomic E-state index is 13.1. The fourth-order valence-electron chi connectivity index (χ4n) is 3.35. The number of aromatic nitrogens is 3. The summed E-state index contributed by atoms with van der Waals surface area (Å²) in [5.41, 5.74) is 2.65. The number of hydrogen-bond acceptors (Lipinski definition) is 6. The van der Waals surface area contributed by atoms with Crippen LogP contribution in [0.5, 0.6) is 0 Å². The van der Waals surface area contributed by atoms with Crippen LogP contribution in [0.1, 0.15) is 45.4 Å². The van der Waals surface area contributed by atoms with Crippen molar-refractivity contribution in [2.45, 2.75) is 36.7 Å². The van der Waals surface area contributed by atoms with Crippen LogP contribution in [0, 0.1) is 6.92 Å².